The Kier molecular flexibility index (Phi) is 5.91. The monoisotopic (exact) mass is 390 g/mol. The van der Waals surface area contributed by atoms with E-state index in [0.29, 0.717) is 32.6 Å². The molecule has 150 valence electrons. The van der Waals surface area contributed by atoms with E-state index in [0.717, 1.165) is 24.3 Å². The molecule has 1 N–H and O–H groups in total. The average molecular weight is 390 g/mol. The van der Waals surface area contributed by atoms with Crippen LogP contribution >= 0.6 is 0 Å². The van der Waals surface area contributed by atoms with Gasteiger partial charge >= 0.3 is 0 Å². The zero-order valence-electron chi connectivity index (χ0n) is 16.5. The number of fused-ring (bicyclic) bond motifs is 1. The maximum Gasteiger partial charge on any atom is 0.238 e. The van der Waals surface area contributed by atoms with E-state index in [4.69, 9.17) is 0 Å². The second-order valence-corrected chi connectivity index (χ2v) is 7.39. The van der Waals surface area contributed by atoms with Crippen molar-refractivity contribution in [3.05, 3.63) is 66.9 Å². The number of para-hydroxylation sites is 2. The highest BCUT2D eigenvalue weighted by Crippen LogP contribution is 2.16. The van der Waals surface area contributed by atoms with Crippen LogP contribution in [0.2, 0.25) is 0 Å². The fourth-order valence-corrected chi connectivity index (χ4v) is 3.79. The van der Waals surface area contributed by atoms with Crippen LogP contribution in [0, 0.1) is 0 Å². The van der Waals surface area contributed by atoms with E-state index in [-0.39, 0.29) is 11.8 Å². The van der Waals surface area contributed by atoms with E-state index < -0.39 is 0 Å². The number of amides is 2. The summed E-state index contributed by atoms with van der Waals surface area (Å²) in [7, 11) is 0. The Bertz CT molecular complexity index is 975. The average Bonchev–Trinajstić information content (AvgIpc) is 3.16. The Morgan fingerprint density at radius 2 is 1.59 bits per heavy atom. The van der Waals surface area contributed by atoms with Gasteiger partial charge in [0, 0.05) is 56.5 Å². The Hall–Kier alpha value is -3.12. The van der Waals surface area contributed by atoms with E-state index in [1.165, 1.54) is 5.39 Å². The minimum atomic E-state index is -0.0181. The van der Waals surface area contributed by atoms with Crippen LogP contribution in [0.4, 0.5) is 5.69 Å². The first kappa shape index (κ1) is 19.2. The highest BCUT2D eigenvalue weighted by Gasteiger charge is 2.22. The second-order valence-electron chi connectivity index (χ2n) is 7.39. The summed E-state index contributed by atoms with van der Waals surface area (Å²) in [5, 5.41) is 4.11. The Morgan fingerprint density at radius 3 is 2.38 bits per heavy atom. The second kappa shape index (κ2) is 8.92. The SMILES string of the molecule is O=C(CN1CCN(C(=O)CCn2ccc3ccccc32)CC1)Nc1ccccc1. The number of benzene rings is 2. The minimum absolute atomic E-state index is 0.0181. The van der Waals surface area contributed by atoms with Crippen LogP contribution in [0.25, 0.3) is 10.9 Å². The number of carbonyl (C=O) groups excluding carboxylic acids is 2. The summed E-state index contributed by atoms with van der Waals surface area (Å²) in [5.74, 6) is 0.159. The first-order chi connectivity index (χ1) is 14.2. The molecule has 0 saturated carbocycles. The molecule has 6 nitrogen and oxygen atoms in total. The number of anilines is 1. The lowest BCUT2D eigenvalue weighted by molar-refractivity contribution is -0.133. The lowest BCUT2D eigenvalue weighted by Crippen LogP contribution is -2.50. The minimum Gasteiger partial charge on any atom is -0.347 e. The third-order valence-corrected chi connectivity index (χ3v) is 5.40. The van der Waals surface area contributed by atoms with Crippen LogP contribution in [-0.4, -0.2) is 58.9 Å². The van der Waals surface area contributed by atoms with Gasteiger partial charge in [0.05, 0.1) is 6.54 Å². The van der Waals surface area contributed by atoms with Crippen LogP contribution in [-0.2, 0) is 16.1 Å². The van der Waals surface area contributed by atoms with Gasteiger partial charge in [-0.3, -0.25) is 14.5 Å². The lowest BCUT2D eigenvalue weighted by atomic mass is 10.2. The first-order valence-electron chi connectivity index (χ1n) is 10.1. The number of rotatable bonds is 6. The molecule has 1 saturated heterocycles. The predicted molar refractivity (Wildman–Crippen MR) is 115 cm³/mol. The highest BCUT2D eigenvalue weighted by atomic mass is 16.2. The summed E-state index contributed by atoms with van der Waals surface area (Å²) in [6.45, 7) is 3.83. The molecule has 0 aliphatic carbocycles. The Labute approximate surface area is 170 Å². The zero-order valence-corrected chi connectivity index (χ0v) is 16.5. The summed E-state index contributed by atoms with van der Waals surface area (Å²) in [6.07, 6.45) is 2.54. The maximum atomic E-state index is 12.6. The largest absolute Gasteiger partial charge is 0.347 e. The molecule has 1 aliphatic rings. The molecule has 0 unspecified atom stereocenters. The molecule has 1 aromatic heterocycles. The molecule has 4 rings (SSSR count). The molecule has 0 spiro atoms. The summed E-state index contributed by atoms with van der Waals surface area (Å²) in [5.41, 5.74) is 1.97. The molecule has 0 bridgehead atoms. The molecule has 2 amide bonds. The van der Waals surface area contributed by atoms with Gasteiger partial charge in [-0.15, -0.1) is 0 Å². The fraction of sp³-hybridized carbons (Fsp3) is 0.304. The number of hydrogen-bond donors (Lipinski definition) is 1. The van der Waals surface area contributed by atoms with Gasteiger partial charge in [-0.1, -0.05) is 36.4 Å². The smallest absolute Gasteiger partial charge is 0.238 e. The van der Waals surface area contributed by atoms with E-state index in [1.807, 2.05) is 53.6 Å². The van der Waals surface area contributed by atoms with Gasteiger partial charge in [0.25, 0.3) is 0 Å². The molecule has 2 heterocycles. The predicted octanol–water partition coefficient (Wildman–Crippen LogP) is 2.81. The van der Waals surface area contributed by atoms with Crippen molar-refractivity contribution < 1.29 is 9.59 Å². The summed E-state index contributed by atoms with van der Waals surface area (Å²) < 4.78 is 2.14. The molecular weight excluding hydrogens is 364 g/mol. The van der Waals surface area contributed by atoms with Gasteiger partial charge in [0.15, 0.2) is 0 Å². The Balaban J connectivity index is 1.22. The van der Waals surface area contributed by atoms with Crippen molar-refractivity contribution in [1.29, 1.82) is 0 Å². The van der Waals surface area contributed by atoms with Gasteiger partial charge < -0.3 is 14.8 Å². The first-order valence-corrected chi connectivity index (χ1v) is 10.1. The molecule has 1 fully saturated rings. The number of piperazine rings is 1. The van der Waals surface area contributed by atoms with Crippen molar-refractivity contribution in [3.8, 4) is 0 Å². The van der Waals surface area contributed by atoms with Crippen molar-refractivity contribution in [1.82, 2.24) is 14.4 Å². The zero-order chi connectivity index (χ0) is 20.1. The molecular formula is C23H26N4O2. The molecule has 0 radical (unpaired) electrons. The van der Waals surface area contributed by atoms with Gasteiger partial charge in [-0.2, -0.15) is 0 Å². The van der Waals surface area contributed by atoms with Crippen molar-refractivity contribution >= 4 is 28.4 Å². The van der Waals surface area contributed by atoms with Crippen LogP contribution < -0.4 is 5.32 Å². The summed E-state index contributed by atoms with van der Waals surface area (Å²) >= 11 is 0. The molecule has 2 aromatic carbocycles. The van der Waals surface area contributed by atoms with Crippen molar-refractivity contribution in [2.45, 2.75) is 13.0 Å². The van der Waals surface area contributed by atoms with Gasteiger partial charge in [-0.05, 0) is 29.7 Å². The van der Waals surface area contributed by atoms with E-state index in [9.17, 15) is 9.59 Å². The van der Waals surface area contributed by atoms with Crippen LogP contribution in [0.15, 0.2) is 66.9 Å². The number of aromatic nitrogens is 1. The maximum absolute atomic E-state index is 12.6. The third-order valence-electron chi connectivity index (χ3n) is 5.40. The number of nitrogens with zero attached hydrogens (tertiary/aromatic N) is 3. The van der Waals surface area contributed by atoms with Crippen molar-refractivity contribution in [2.24, 2.45) is 0 Å². The van der Waals surface area contributed by atoms with Gasteiger partial charge in [0.1, 0.15) is 0 Å². The summed E-state index contributed by atoms with van der Waals surface area (Å²) in [4.78, 5) is 28.8. The molecule has 3 aromatic rings. The molecule has 1 aliphatic heterocycles. The number of aryl methyl sites for hydroxylation is 1. The van der Waals surface area contributed by atoms with E-state index >= 15 is 0 Å². The number of carbonyl (C=O) groups is 2. The fourth-order valence-electron chi connectivity index (χ4n) is 3.79. The van der Waals surface area contributed by atoms with E-state index in [1.54, 1.807) is 0 Å². The van der Waals surface area contributed by atoms with Crippen LogP contribution in [0.3, 0.4) is 0 Å². The van der Waals surface area contributed by atoms with Gasteiger partial charge in [0.2, 0.25) is 11.8 Å². The number of nitrogens with one attached hydrogen (secondary N) is 1. The standard InChI is InChI=1S/C23H26N4O2/c28-22(24-20-7-2-1-3-8-20)18-25-14-16-27(17-15-25)23(29)11-13-26-12-10-19-6-4-5-9-21(19)26/h1-10,12H,11,13-18H2,(H,24,28). The third kappa shape index (κ3) is 4.84. The lowest BCUT2D eigenvalue weighted by Gasteiger charge is -2.34. The van der Waals surface area contributed by atoms with Crippen LogP contribution in [0.1, 0.15) is 6.42 Å². The van der Waals surface area contributed by atoms with E-state index in [2.05, 4.69) is 33.0 Å². The van der Waals surface area contributed by atoms with Gasteiger partial charge in [-0.25, -0.2) is 0 Å². The van der Waals surface area contributed by atoms with Crippen LogP contribution in [0.5, 0.6) is 0 Å². The van der Waals surface area contributed by atoms with Crippen molar-refractivity contribution in [2.75, 3.05) is 38.0 Å². The molecule has 6 heteroatoms. The normalized spacial score (nSPS) is 14.8. The van der Waals surface area contributed by atoms with Crippen molar-refractivity contribution in [3.63, 3.8) is 0 Å². The quantitative estimate of drug-likeness (QED) is 0.704. The number of hydrogen-bond acceptors (Lipinski definition) is 3. The molecule has 0 atom stereocenters. The topological polar surface area (TPSA) is 57.6 Å². The Morgan fingerprint density at radius 1 is 0.862 bits per heavy atom. The molecule has 29 heavy (non-hydrogen) atoms. The highest BCUT2D eigenvalue weighted by molar-refractivity contribution is 5.92. The summed E-state index contributed by atoms with van der Waals surface area (Å²) in [6, 6.07) is 19.8.